The van der Waals surface area contributed by atoms with Crippen LogP contribution in [0.4, 0.5) is 0 Å². The molecule has 4 nitrogen and oxygen atoms in total. The predicted molar refractivity (Wildman–Crippen MR) is 86.4 cm³/mol. The van der Waals surface area contributed by atoms with Crippen LogP contribution in [0.15, 0.2) is 24.3 Å². The molecular weight excluding hydrogens is 284 g/mol. The fourth-order valence-corrected chi connectivity index (χ4v) is 3.42. The summed E-state index contributed by atoms with van der Waals surface area (Å²) in [6.45, 7) is 4.55. The molecule has 1 fully saturated rings. The Kier molecular flexibility index (Phi) is 6.21. The molecule has 2 rings (SSSR count). The average molecular weight is 310 g/mol. The summed E-state index contributed by atoms with van der Waals surface area (Å²) >= 11 is 0. The summed E-state index contributed by atoms with van der Waals surface area (Å²) in [5.41, 5.74) is 2.03. The van der Waals surface area contributed by atoms with E-state index in [-0.39, 0.29) is 5.75 Å². The lowest BCUT2D eigenvalue weighted by atomic mass is 10.1. The third-order valence-electron chi connectivity index (χ3n) is 3.71. The third-order valence-corrected chi connectivity index (χ3v) is 5.06. The summed E-state index contributed by atoms with van der Waals surface area (Å²) < 4.78 is 26.6. The third kappa shape index (κ3) is 6.59. The minimum absolute atomic E-state index is 0.0698. The second-order valence-electron chi connectivity index (χ2n) is 5.88. The largest absolute Gasteiger partial charge is 0.313 e. The zero-order valence-electron chi connectivity index (χ0n) is 12.8. The highest BCUT2D eigenvalue weighted by molar-refractivity contribution is 7.88. The van der Waals surface area contributed by atoms with Crippen molar-refractivity contribution in [2.45, 2.75) is 44.9 Å². The summed E-state index contributed by atoms with van der Waals surface area (Å²) in [4.78, 5) is 0. The van der Waals surface area contributed by atoms with E-state index in [0.717, 1.165) is 37.4 Å². The van der Waals surface area contributed by atoms with Crippen molar-refractivity contribution in [3.05, 3.63) is 35.4 Å². The van der Waals surface area contributed by atoms with Gasteiger partial charge in [0.1, 0.15) is 0 Å². The van der Waals surface area contributed by atoms with E-state index < -0.39 is 10.0 Å². The van der Waals surface area contributed by atoms with E-state index in [2.05, 4.69) is 17.0 Å². The van der Waals surface area contributed by atoms with Crippen molar-refractivity contribution < 1.29 is 8.42 Å². The molecule has 0 atom stereocenters. The number of nitrogens with one attached hydrogen (secondary N) is 2. The maximum Gasteiger partial charge on any atom is 0.215 e. The molecule has 0 amide bonds. The first-order valence-electron chi connectivity index (χ1n) is 7.85. The molecule has 0 aliphatic heterocycles. The van der Waals surface area contributed by atoms with E-state index in [1.54, 1.807) is 0 Å². The van der Waals surface area contributed by atoms with Crippen LogP contribution in [0.3, 0.4) is 0 Å². The molecule has 1 saturated carbocycles. The first-order valence-corrected chi connectivity index (χ1v) is 9.50. The van der Waals surface area contributed by atoms with Gasteiger partial charge in [0.2, 0.25) is 10.0 Å². The van der Waals surface area contributed by atoms with Gasteiger partial charge in [-0.05, 0) is 36.4 Å². The van der Waals surface area contributed by atoms with Gasteiger partial charge in [-0.1, -0.05) is 44.0 Å². The lowest BCUT2D eigenvalue weighted by Crippen LogP contribution is -2.26. The van der Waals surface area contributed by atoms with Crippen molar-refractivity contribution >= 4 is 10.0 Å². The maximum atomic E-state index is 12.0. The van der Waals surface area contributed by atoms with Gasteiger partial charge in [-0.3, -0.25) is 0 Å². The molecule has 0 spiro atoms. The van der Waals surface area contributed by atoms with Crippen LogP contribution in [0.25, 0.3) is 0 Å². The molecule has 21 heavy (non-hydrogen) atoms. The van der Waals surface area contributed by atoms with Crippen LogP contribution in [-0.2, 0) is 22.3 Å². The first-order chi connectivity index (χ1) is 10.1. The minimum Gasteiger partial charge on any atom is -0.313 e. The fourth-order valence-electron chi connectivity index (χ4n) is 2.26. The van der Waals surface area contributed by atoms with Gasteiger partial charge in [0, 0.05) is 13.1 Å². The zero-order valence-corrected chi connectivity index (χ0v) is 13.6. The van der Waals surface area contributed by atoms with Crippen molar-refractivity contribution in [3.8, 4) is 0 Å². The monoisotopic (exact) mass is 310 g/mol. The van der Waals surface area contributed by atoms with Crippen LogP contribution in [0.5, 0.6) is 0 Å². The smallest absolute Gasteiger partial charge is 0.215 e. The van der Waals surface area contributed by atoms with Gasteiger partial charge in [-0.2, -0.15) is 0 Å². The van der Waals surface area contributed by atoms with Gasteiger partial charge in [-0.25, -0.2) is 13.1 Å². The van der Waals surface area contributed by atoms with Crippen molar-refractivity contribution in [1.82, 2.24) is 10.0 Å². The number of benzene rings is 1. The molecule has 0 radical (unpaired) electrons. The Morgan fingerprint density at radius 1 is 1.10 bits per heavy atom. The van der Waals surface area contributed by atoms with Crippen molar-refractivity contribution in [2.24, 2.45) is 5.92 Å². The molecule has 1 aliphatic rings. The molecule has 0 unspecified atom stereocenters. The van der Waals surface area contributed by atoms with Crippen molar-refractivity contribution in [3.63, 3.8) is 0 Å². The van der Waals surface area contributed by atoms with Crippen molar-refractivity contribution in [1.29, 1.82) is 0 Å². The molecule has 0 aromatic heterocycles. The second-order valence-corrected chi connectivity index (χ2v) is 7.69. The van der Waals surface area contributed by atoms with E-state index in [0.29, 0.717) is 6.54 Å². The number of hydrogen-bond donors (Lipinski definition) is 2. The second kappa shape index (κ2) is 7.92. The fraction of sp³-hybridized carbons (Fsp3) is 0.625. The number of hydrogen-bond acceptors (Lipinski definition) is 3. The van der Waals surface area contributed by atoms with E-state index in [1.807, 2.05) is 24.3 Å². The van der Waals surface area contributed by atoms with Gasteiger partial charge in [-0.15, -0.1) is 0 Å². The topological polar surface area (TPSA) is 58.2 Å². The Labute approximate surface area is 128 Å². The average Bonchev–Trinajstić information content (AvgIpc) is 3.25. The van der Waals surface area contributed by atoms with E-state index in [1.165, 1.54) is 18.4 Å². The highest BCUT2D eigenvalue weighted by Crippen LogP contribution is 2.31. The first kappa shape index (κ1) is 16.5. The summed E-state index contributed by atoms with van der Waals surface area (Å²) in [6.07, 6.45) is 4.61. The normalized spacial score (nSPS) is 15.3. The summed E-state index contributed by atoms with van der Waals surface area (Å²) in [6, 6.07) is 7.81. The lowest BCUT2D eigenvalue weighted by Gasteiger charge is -2.08. The van der Waals surface area contributed by atoms with Crippen LogP contribution in [-0.4, -0.2) is 21.5 Å². The van der Waals surface area contributed by atoms with Crippen LogP contribution >= 0.6 is 0 Å². The number of sulfonamides is 1. The Hall–Kier alpha value is -0.910. The van der Waals surface area contributed by atoms with Gasteiger partial charge < -0.3 is 5.32 Å². The molecular formula is C16H26N2O2S. The Morgan fingerprint density at radius 2 is 1.76 bits per heavy atom. The van der Waals surface area contributed by atoms with Gasteiger partial charge in [0.25, 0.3) is 0 Å². The summed E-state index contributed by atoms with van der Waals surface area (Å²) in [5, 5.41) is 3.33. The zero-order chi connectivity index (χ0) is 15.1. The Bertz CT molecular complexity index is 522. The van der Waals surface area contributed by atoms with Gasteiger partial charge in [0.05, 0.1) is 5.75 Å². The highest BCUT2D eigenvalue weighted by Gasteiger charge is 2.21. The van der Waals surface area contributed by atoms with Crippen LogP contribution in [0.2, 0.25) is 0 Å². The Balaban J connectivity index is 1.77. The maximum absolute atomic E-state index is 12.0. The van der Waals surface area contributed by atoms with E-state index in [4.69, 9.17) is 0 Å². The van der Waals surface area contributed by atoms with Crippen LogP contribution in [0, 0.1) is 5.92 Å². The van der Waals surface area contributed by atoms with E-state index >= 15 is 0 Å². The van der Waals surface area contributed by atoms with Gasteiger partial charge in [0.15, 0.2) is 0 Å². The lowest BCUT2D eigenvalue weighted by molar-refractivity contribution is 0.574. The van der Waals surface area contributed by atoms with Crippen LogP contribution < -0.4 is 10.0 Å². The summed E-state index contributed by atoms with van der Waals surface area (Å²) in [7, 11) is -3.20. The molecule has 118 valence electrons. The number of rotatable bonds is 10. The molecule has 1 aromatic rings. The van der Waals surface area contributed by atoms with Gasteiger partial charge >= 0.3 is 0 Å². The van der Waals surface area contributed by atoms with E-state index in [9.17, 15) is 8.42 Å². The molecule has 0 heterocycles. The molecule has 2 N–H and O–H groups in total. The highest BCUT2D eigenvalue weighted by atomic mass is 32.2. The predicted octanol–water partition coefficient (Wildman–Crippen LogP) is 2.41. The molecule has 1 aliphatic carbocycles. The molecule has 0 saturated heterocycles. The minimum atomic E-state index is -3.20. The molecule has 1 aromatic carbocycles. The van der Waals surface area contributed by atoms with Crippen LogP contribution in [0.1, 0.15) is 43.7 Å². The molecule has 0 bridgehead atoms. The van der Waals surface area contributed by atoms with Crippen molar-refractivity contribution in [2.75, 3.05) is 13.1 Å². The SMILES string of the molecule is CCCNCc1ccc(CS(=O)(=O)NCCC2CC2)cc1. The Morgan fingerprint density at radius 3 is 2.38 bits per heavy atom. The molecule has 5 heteroatoms. The summed E-state index contributed by atoms with van der Waals surface area (Å²) in [5.74, 6) is 0.822. The quantitative estimate of drug-likeness (QED) is 0.653. The standard InChI is InChI=1S/C16H26N2O2S/c1-2-10-17-12-15-5-7-16(8-6-15)13-21(19,20)18-11-9-14-3-4-14/h5-8,14,17-18H,2-4,9-13H2,1H3.